The third-order valence-corrected chi connectivity index (χ3v) is 6.63. The third kappa shape index (κ3) is 4.58. The van der Waals surface area contributed by atoms with Gasteiger partial charge in [-0.2, -0.15) is 0 Å². The normalized spacial score (nSPS) is 14.6. The number of benzene rings is 1. The summed E-state index contributed by atoms with van der Waals surface area (Å²) in [6.07, 6.45) is 2.62. The van der Waals surface area contributed by atoms with Gasteiger partial charge in [0.2, 0.25) is 5.82 Å². The zero-order valence-electron chi connectivity index (χ0n) is 17.5. The number of nitrogens with one attached hydrogen (secondary N) is 3. The van der Waals surface area contributed by atoms with Crippen LogP contribution in [0.15, 0.2) is 64.6 Å². The highest BCUT2D eigenvalue weighted by Crippen LogP contribution is 2.30. The molecule has 4 aromatic rings. The van der Waals surface area contributed by atoms with Crippen LogP contribution in [0.25, 0.3) is 11.6 Å². The van der Waals surface area contributed by atoms with Gasteiger partial charge in [0.25, 0.3) is 0 Å². The van der Waals surface area contributed by atoms with E-state index in [1.54, 1.807) is 18.4 Å². The minimum Gasteiger partial charge on any atom is -0.461 e. The molecule has 5 rings (SSSR count). The standard InChI is InChI=1S/C23H24N6O2S/c30-23(25-14-21-26-22(28-27-21)19-7-4-11-31-19)24-13-18(16-5-2-1-3-6-16)29-10-8-20-17(15-29)9-12-32-20/h1-7,9,11-12,18H,8,10,13-15H2,(H2,24,25,30)(H,26,27,28). The van der Waals surface area contributed by atoms with Crippen molar-refractivity contribution in [3.05, 3.63) is 82.0 Å². The fourth-order valence-corrected chi connectivity index (χ4v) is 4.87. The number of amides is 2. The van der Waals surface area contributed by atoms with Crippen molar-refractivity contribution in [1.82, 2.24) is 30.7 Å². The molecule has 4 heterocycles. The van der Waals surface area contributed by atoms with Gasteiger partial charge in [-0.3, -0.25) is 10.00 Å². The summed E-state index contributed by atoms with van der Waals surface area (Å²) in [5.74, 6) is 1.61. The molecule has 8 nitrogen and oxygen atoms in total. The van der Waals surface area contributed by atoms with E-state index in [1.165, 1.54) is 16.0 Å². The van der Waals surface area contributed by atoms with Crippen molar-refractivity contribution >= 4 is 17.4 Å². The zero-order chi connectivity index (χ0) is 21.8. The maximum atomic E-state index is 12.5. The van der Waals surface area contributed by atoms with E-state index >= 15 is 0 Å². The van der Waals surface area contributed by atoms with Gasteiger partial charge >= 0.3 is 6.03 Å². The first-order valence-electron chi connectivity index (χ1n) is 10.6. The van der Waals surface area contributed by atoms with E-state index in [9.17, 15) is 4.79 Å². The van der Waals surface area contributed by atoms with Gasteiger partial charge < -0.3 is 15.1 Å². The topological polar surface area (TPSA) is 99.1 Å². The number of aromatic amines is 1. The Morgan fingerprint density at radius 3 is 2.94 bits per heavy atom. The first-order valence-corrected chi connectivity index (χ1v) is 11.5. The zero-order valence-corrected chi connectivity index (χ0v) is 18.3. The van der Waals surface area contributed by atoms with Gasteiger partial charge in [-0.1, -0.05) is 30.3 Å². The number of rotatable bonds is 7. The molecule has 0 saturated heterocycles. The number of fused-ring (bicyclic) bond motifs is 1. The Morgan fingerprint density at radius 1 is 1.19 bits per heavy atom. The van der Waals surface area contributed by atoms with Crippen LogP contribution in [-0.4, -0.2) is 39.2 Å². The molecule has 164 valence electrons. The lowest BCUT2D eigenvalue weighted by molar-refractivity contribution is 0.175. The predicted octanol–water partition coefficient (Wildman–Crippen LogP) is 3.73. The Labute approximate surface area is 189 Å². The van der Waals surface area contributed by atoms with Crippen LogP contribution in [0.5, 0.6) is 0 Å². The van der Waals surface area contributed by atoms with Gasteiger partial charge in [-0.05, 0) is 41.1 Å². The number of thiophene rings is 1. The van der Waals surface area contributed by atoms with Crippen LogP contribution in [0.4, 0.5) is 4.79 Å². The maximum Gasteiger partial charge on any atom is 0.315 e. The van der Waals surface area contributed by atoms with Crippen molar-refractivity contribution in [2.45, 2.75) is 25.6 Å². The number of aromatic nitrogens is 3. The Bertz CT molecular complexity index is 1150. The van der Waals surface area contributed by atoms with Gasteiger partial charge in [0.05, 0.1) is 18.8 Å². The van der Waals surface area contributed by atoms with Crippen LogP contribution in [-0.2, 0) is 19.5 Å². The number of H-pyrrole nitrogens is 1. The van der Waals surface area contributed by atoms with Crippen molar-refractivity contribution in [1.29, 1.82) is 0 Å². The number of carbonyl (C=O) groups is 1. The SMILES string of the molecule is O=C(NCc1nc(-c2ccco2)n[nH]1)NCC(c1ccccc1)N1CCc2sccc2C1. The Balaban J connectivity index is 1.19. The second-order valence-electron chi connectivity index (χ2n) is 7.66. The molecule has 2 amide bonds. The van der Waals surface area contributed by atoms with Gasteiger partial charge in [-0.15, -0.1) is 16.4 Å². The Kier molecular flexibility index (Phi) is 6.00. The highest BCUT2D eigenvalue weighted by molar-refractivity contribution is 7.10. The molecule has 1 aliphatic rings. The lowest BCUT2D eigenvalue weighted by atomic mass is 10.0. The van der Waals surface area contributed by atoms with Gasteiger partial charge in [0, 0.05) is 24.5 Å². The van der Waals surface area contributed by atoms with E-state index in [1.807, 2.05) is 29.5 Å². The van der Waals surface area contributed by atoms with E-state index < -0.39 is 0 Å². The average molecular weight is 449 g/mol. The number of hydrogen-bond donors (Lipinski definition) is 3. The molecule has 1 aliphatic heterocycles. The fraction of sp³-hybridized carbons (Fsp3) is 0.261. The summed E-state index contributed by atoms with van der Waals surface area (Å²) in [5, 5.41) is 15.0. The van der Waals surface area contributed by atoms with Crippen molar-refractivity contribution in [2.75, 3.05) is 13.1 Å². The van der Waals surface area contributed by atoms with Crippen LogP contribution in [0.2, 0.25) is 0 Å². The Hall–Kier alpha value is -3.43. The molecular weight excluding hydrogens is 424 g/mol. The van der Waals surface area contributed by atoms with E-state index in [4.69, 9.17) is 4.42 Å². The molecule has 0 spiro atoms. The number of furan rings is 1. The Morgan fingerprint density at radius 2 is 2.09 bits per heavy atom. The molecule has 0 saturated carbocycles. The highest BCUT2D eigenvalue weighted by Gasteiger charge is 2.25. The molecule has 0 aliphatic carbocycles. The monoisotopic (exact) mass is 448 g/mol. The number of carbonyl (C=O) groups excluding carboxylic acids is 1. The first-order chi connectivity index (χ1) is 15.8. The van der Waals surface area contributed by atoms with Crippen molar-refractivity contribution in [3.8, 4) is 11.6 Å². The smallest absolute Gasteiger partial charge is 0.315 e. The molecule has 1 unspecified atom stereocenters. The van der Waals surface area contributed by atoms with Crippen LogP contribution in [0.3, 0.4) is 0 Å². The van der Waals surface area contributed by atoms with Gasteiger partial charge in [0.15, 0.2) is 5.76 Å². The van der Waals surface area contributed by atoms with E-state index in [-0.39, 0.29) is 18.6 Å². The van der Waals surface area contributed by atoms with E-state index in [2.05, 4.69) is 54.3 Å². The highest BCUT2D eigenvalue weighted by atomic mass is 32.1. The van der Waals surface area contributed by atoms with Gasteiger partial charge in [0.1, 0.15) is 5.82 Å². The van der Waals surface area contributed by atoms with Crippen molar-refractivity contribution < 1.29 is 9.21 Å². The summed E-state index contributed by atoms with van der Waals surface area (Å²) in [4.78, 5) is 20.8. The minimum atomic E-state index is -0.241. The summed E-state index contributed by atoms with van der Waals surface area (Å²) in [6.45, 7) is 2.64. The summed E-state index contributed by atoms with van der Waals surface area (Å²) in [6, 6.07) is 16.0. The third-order valence-electron chi connectivity index (χ3n) is 5.61. The lowest BCUT2D eigenvalue weighted by Crippen LogP contribution is -2.43. The van der Waals surface area contributed by atoms with Crippen LogP contribution >= 0.6 is 11.3 Å². The molecule has 32 heavy (non-hydrogen) atoms. The quantitative estimate of drug-likeness (QED) is 0.400. The van der Waals surface area contributed by atoms with Crippen LogP contribution in [0.1, 0.15) is 27.9 Å². The summed E-state index contributed by atoms with van der Waals surface area (Å²) in [7, 11) is 0. The molecule has 3 N–H and O–H groups in total. The molecule has 1 aromatic carbocycles. The number of urea groups is 1. The second kappa shape index (κ2) is 9.37. The van der Waals surface area contributed by atoms with E-state index in [0.29, 0.717) is 24.0 Å². The summed E-state index contributed by atoms with van der Waals surface area (Å²) < 4.78 is 5.29. The molecule has 1 atom stereocenters. The molecule has 9 heteroatoms. The summed E-state index contributed by atoms with van der Waals surface area (Å²) >= 11 is 1.83. The number of hydrogen-bond acceptors (Lipinski definition) is 6. The van der Waals surface area contributed by atoms with Gasteiger partial charge in [-0.25, -0.2) is 9.78 Å². The number of nitrogens with zero attached hydrogens (tertiary/aromatic N) is 3. The van der Waals surface area contributed by atoms with Crippen molar-refractivity contribution in [2.24, 2.45) is 0 Å². The second-order valence-corrected chi connectivity index (χ2v) is 8.66. The average Bonchev–Trinajstić information content (AvgIpc) is 3.60. The maximum absolute atomic E-state index is 12.5. The molecule has 0 fully saturated rings. The summed E-state index contributed by atoms with van der Waals surface area (Å²) in [5.41, 5.74) is 2.59. The molecule has 0 radical (unpaired) electrons. The van der Waals surface area contributed by atoms with Crippen molar-refractivity contribution in [3.63, 3.8) is 0 Å². The lowest BCUT2D eigenvalue weighted by Gasteiger charge is -2.35. The first kappa shape index (κ1) is 20.5. The minimum absolute atomic E-state index is 0.103. The molecule has 3 aromatic heterocycles. The van der Waals surface area contributed by atoms with Crippen LogP contribution < -0.4 is 10.6 Å². The molecular formula is C23H24N6O2S. The molecule has 0 bridgehead atoms. The largest absolute Gasteiger partial charge is 0.461 e. The predicted molar refractivity (Wildman–Crippen MR) is 122 cm³/mol. The van der Waals surface area contributed by atoms with E-state index in [0.717, 1.165) is 19.5 Å². The van der Waals surface area contributed by atoms with Crippen LogP contribution in [0, 0.1) is 0 Å². The fourth-order valence-electron chi connectivity index (χ4n) is 3.98.